The number of halogens is 1. The molecular formula is C17H17ClO3. The molecule has 2 aromatic rings. The number of aryl methyl sites for hydroxylation is 2. The Morgan fingerprint density at radius 1 is 1.10 bits per heavy atom. The lowest BCUT2D eigenvalue weighted by Gasteiger charge is -2.14. The van der Waals surface area contributed by atoms with Gasteiger partial charge in [0.1, 0.15) is 22.8 Å². The summed E-state index contributed by atoms with van der Waals surface area (Å²) in [7, 11) is 1.53. The molecule has 2 aromatic carbocycles. The van der Waals surface area contributed by atoms with Gasteiger partial charge in [-0.1, -0.05) is 17.7 Å². The highest BCUT2D eigenvalue weighted by Crippen LogP contribution is 2.34. The first-order valence-corrected chi connectivity index (χ1v) is 6.94. The fraction of sp³-hybridized carbons (Fsp3) is 0.235. The number of hydrogen-bond donors (Lipinski definition) is 0. The second-order valence-corrected chi connectivity index (χ2v) is 5.24. The Morgan fingerprint density at radius 3 is 2.19 bits per heavy atom. The summed E-state index contributed by atoms with van der Waals surface area (Å²) in [5.41, 5.74) is 2.29. The Balaban J connectivity index is 2.47. The van der Waals surface area contributed by atoms with Gasteiger partial charge in [-0.2, -0.15) is 0 Å². The van der Waals surface area contributed by atoms with E-state index in [4.69, 9.17) is 21.1 Å². The largest absolute Gasteiger partial charge is 0.496 e. The summed E-state index contributed by atoms with van der Waals surface area (Å²) in [4.78, 5) is 11.8. The number of methoxy groups -OCH3 is 1. The molecule has 0 saturated heterocycles. The molecule has 0 aromatic heterocycles. The maximum atomic E-state index is 11.8. The second-order valence-electron chi connectivity index (χ2n) is 4.86. The fourth-order valence-electron chi connectivity index (χ4n) is 2.21. The van der Waals surface area contributed by atoms with Gasteiger partial charge in [0.05, 0.1) is 7.11 Å². The van der Waals surface area contributed by atoms with Crippen LogP contribution < -0.4 is 9.47 Å². The predicted molar refractivity (Wildman–Crippen MR) is 84.0 cm³/mol. The number of ketones is 1. The van der Waals surface area contributed by atoms with Crippen molar-refractivity contribution < 1.29 is 14.3 Å². The molecule has 0 bridgehead atoms. The number of hydrogen-bond acceptors (Lipinski definition) is 3. The van der Waals surface area contributed by atoms with E-state index in [1.165, 1.54) is 14.0 Å². The lowest BCUT2D eigenvalue weighted by Crippen LogP contribution is -2.01. The Bertz CT molecular complexity index is 669. The number of benzene rings is 2. The molecule has 0 N–H and O–H groups in total. The first-order chi connectivity index (χ1) is 9.93. The van der Waals surface area contributed by atoms with Crippen molar-refractivity contribution in [3.63, 3.8) is 0 Å². The molecule has 0 spiro atoms. The quantitative estimate of drug-likeness (QED) is 0.749. The highest BCUT2D eigenvalue weighted by atomic mass is 35.5. The van der Waals surface area contributed by atoms with Gasteiger partial charge in [-0.15, -0.1) is 0 Å². The van der Waals surface area contributed by atoms with Crippen LogP contribution in [0.25, 0.3) is 0 Å². The van der Waals surface area contributed by atoms with E-state index in [0.29, 0.717) is 22.8 Å². The SMILES string of the molecule is COc1cccc(Oc2cc(C)c(Cl)c(C)c2)c1C(C)=O. The molecule has 0 saturated carbocycles. The van der Waals surface area contributed by atoms with Crippen molar-refractivity contribution in [3.8, 4) is 17.2 Å². The zero-order chi connectivity index (χ0) is 15.6. The minimum atomic E-state index is -0.107. The molecule has 0 unspecified atom stereocenters. The van der Waals surface area contributed by atoms with E-state index in [-0.39, 0.29) is 5.78 Å². The average molecular weight is 305 g/mol. The summed E-state index contributed by atoms with van der Waals surface area (Å²) in [6.45, 7) is 5.32. The van der Waals surface area contributed by atoms with Gasteiger partial charge >= 0.3 is 0 Å². The molecule has 0 heterocycles. The number of rotatable bonds is 4. The van der Waals surface area contributed by atoms with Gasteiger partial charge in [0, 0.05) is 5.02 Å². The number of Topliss-reactive ketones (excluding diaryl/α,β-unsaturated/α-hetero) is 1. The van der Waals surface area contributed by atoms with Crippen molar-refractivity contribution in [1.29, 1.82) is 0 Å². The summed E-state index contributed by atoms with van der Waals surface area (Å²) in [5.74, 6) is 1.51. The summed E-state index contributed by atoms with van der Waals surface area (Å²) < 4.78 is 11.1. The monoisotopic (exact) mass is 304 g/mol. The van der Waals surface area contributed by atoms with E-state index in [9.17, 15) is 4.79 Å². The maximum absolute atomic E-state index is 11.8. The van der Waals surface area contributed by atoms with Gasteiger partial charge in [-0.05, 0) is 56.2 Å². The molecule has 0 radical (unpaired) electrons. The van der Waals surface area contributed by atoms with Crippen molar-refractivity contribution in [1.82, 2.24) is 0 Å². The van der Waals surface area contributed by atoms with Crippen LogP contribution in [0.5, 0.6) is 17.2 Å². The third kappa shape index (κ3) is 3.19. The Labute approximate surface area is 129 Å². The first kappa shape index (κ1) is 15.4. The molecular weight excluding hydrogens is 288 g/mol. The Hall–Kier alpha value is -2.00. The van der Waals surface area contributed by atoms with Crippen LogP contribution in [0.4, 0.5) is 0 Å². The van der Waals surface area contributed by atoms with Gasteiger partial charge in [0.25, 0.3) is 0 Å². The molecule has 0 atom stereocenters. The Kier molecular flexibility index (Phi) is 4.53. The smallest absolute Gasteiger partial charge is 0.167 e. The van der Waals surface area contributed by atoms with Crippen LogP contribution in [0.3, 0.4) is 0 Å². The summed E-state index contributed by atoms with van der Waals surface area (Å²) in [6.07, 6.45) is 0. The molecule has 4 heteroatoms. The highest BCUT2D eigenvalue weighted by Gasteiger charge is 2.16. The third-order valence-electron chi connectivity index (χ3n) is 3.20. The Morgan fingerprint density at radius 2 is 1.67 bits per heavy atom. The zero-order valence-electron chi connectivity index (χ0n) is 12.5. The van der Waals surface area contributed by atoms with Gasteiger partial charge < -0.3 is 9.47 Å². The van der Waals surface area contributed by atoms with Gasteiger partial charge in [-0.25, -0.2) is 0 Å². The molecule has 2 rings (SSSR count). The summed E-state index contributed by atoms with van der Waals surface area (Å²) >= 11 is 6.15. The lowest BCUT2D eigenvalue weighted by atomic mass is 10.1. The molecule has 110 valence electrons. The van der Waals surface area contributed by atoms with Crippen LogP contribution in [0.1, 0.15) is 28.4 Å². The van der Waals surface area contributed by atoms with Crippen molar-refractivity contribution in [2.75, 3.05) is 7.11 Å². The van der Waals surface area contributed by atoms with Crippen LogP contribution in [0, 0.1) is 13.8 Å². The van der Waals surface area contributed by atoms with E-state index in [0.717, 1.165) is 16.1 Å². The van der Waals surface area contributed by atoms with Crippen LogP contribution >= 0.6 is 11.6 Å². The maximum Gasteiger partial charge on any atom is 0.167 e. The van der Waals surface area contributed by atoms with Crippen molar-refractivity contribution in [3.05, 3.63) is 52.0 Å². The standard InChI is InChI=1S/C17H17ClO3/c1-10-8-13(9-11(2)17(10)18)21-15-7-5-6-14(20-4)16(15)12(3)19/h5-9H,1-4H3. The van der Waals surface area contributed by atoms with Crippen LogP contribution in [-0.2, 0) is 0 Å². The number of ether oxygens (including phenoxy) is 2. The van der Waals surface area contributed by atoms with Crippen molar-refractivity contribution in [2.45, 2.75) is 20.8 Å². The number of carbonyl (C=O) groups is 1. The average Bonchev–Trinajstić information content (AvgIpc) is 2.44. The van der Waals surface area contributed by atoms with E-state index in [2.05, 4.69) is 0 Å². The lowest BCUT2D eigenvalue weighted by molar-refractivity contribution is 0.101. The molecule has 21 heavy (non-hydrogen) atoms. The molecule has 3 nitrogen and oxygen atoms in total. The van der Waals surface area contributed by atoms with Crippen molar-refractivity contribution in [2.24, 2.45) is 0 Å². The summed E-state index contributed by atoms with van der Waals surface area (Å²) in [6, 6.07) is 8.97. The fourth-order valence-corrected chi connectivity index (χ4v) is 2.31. The third-order valence-corrected chi connectivity index (χ3v) is 3.79. The molecule has 0 aliphatic rings. The number of carbonyl (C=O) groups excluding carboxylic acids is 1. The molecule has 0 fully saturated rings. The van der Waals surface area contributed by atoms with Crippen LogP contribution in [-0.4, -0.2) is 12.9 Å². The van der Waals surface area contributed by atoms with Gasteiger partial charge in [0.15, 0.2) is 5.78 Å². The highest BCUT2D eigenvalue weighted by molar-refractivity contribution is 6.32. The minimum Gasteiger partial charge on any atom is -0.496 e. The van der Waals surface area contributed by atoms with E-state index in [1.54, 1.807) is 18.2 Å². The van der Waals surface area contributed by atoms with Gasteiger partial charge in [-0.3, -0.25) is 4.79 Å². The molecule has 0 aliphatic carbocycles. The topological polar surface area (TPSA) is 35.5 Å². The molecule has 0 aliphatic heterocycles. The minimum absolute atomic E-state index is 0.107. The van der Waals surface area contributed by atoms with Gasteiger partial charge in [0.2, 0.25) is 0 Å². The van der Waals surface area contributed by atoms with Crippen LogP contribution in [0.2, 0.25) is 5.02 Å². The van der Waals surface area contributed by atoms with E-state index >= 15 is 0 Å². The van der Waals surface area contributed by atoms with E-state index < -0.39 is 0 Å². The summed E-state index contributed by atoms with van der Waals surface area (Å²) in [5, 5.41) is 0.722. The first-order valence-electron chi connectivity index (χ1n) is 6.56. The van der Waals surface area contributed by atoms with Crippen molar-refractivity contribution >= 4 is 17.4 Å². The second kappa shape index (κ2) is 6.19. The normalized spacial score (nSPS) is 10.3. The zero-order valence-corrected chi connectivity index (χ0v) is 13.2. The predicted octanol–water partition coefficient (Wildman–Crippen LogP) is 4.96. The van der Waals surface area contributed by atoms with Crippen LogP contribution in [0.15, 0.2) is 30.3 Å². The molecule has 0 amide bonds. The van der Waals surface area contributed by atoms with E-state index in [1.807, 2.05) is 26.0 Å².